The lowest BCUT2D eigenvalue weighted by molar-refractivity contribution is 0.0946. The number of para-hydroxylation sites is 1. The molecule has 0 aliphatic carbocycles. The SMILES string of the molecule is Cc1nc(COc2ccccc2C(=O)NCc2c(C)nn(Cc3ccccc3)c2C)cs1. The van der Waals surface area contributed by atoms with E-state index in [-0.39, 0.29) is 5.91 Å². The number of benzene rings is 2. The van der Waals surface area contributed by atoms with Crippen LogP contribution in [-0.4, -0.2) is 20.7 Å². The van der Waals surface area contributed by atoms with E-state index in [1.165, 1.54) is 5.56 Å². The van der Waals surface area contributed by atoms with Crippen molar-refractivity contribution in [1.29, 1.82) is 0 Å². The number of aryl methyl sites for hydroxylation is 2. The highest BCUT2D eigenvalue weighted by molar-refractivity contribution is 7.09. The number of hydrogen-bond acceptors (Lipinski definition) is 5. The van der Waals surface area contributed by atoms with Gasteiger partial charge in [-0.15, -0.1) is 11.3 Å². The summed E-state index contributed by atoms with van der Waals surface area (Å²) in [6.07, 6.45) is 0. The molecule has 0 radical (unpaired) electrons. The Labute approximate surface area is 191 Å². The molecule has 6 nitrogen and oxygen atoms in total. The molecular formula is C25H26N4O2S. The summed E-state index contributed by atoms with van der Waals surface area (Å²) in [4.78, 5) is 17.4. The lowest BCUT2D eigenvalue weighted by Crippen LogP contribution is -2.24. The van der Waals surface area contributed by atoms with Crippen LogP contribution >= 0.6 is 11.3 Å². The number of carbonyl (C=O) groups excluding carboxylic acids is 1. The zero-order valence-electron chi connectivity index (χ0n) is 18.5. The second-order valence-electron chi connectivity index (χ2n) is 7.62. The summed E-state index contributed by atoms with van der Waals surface area (Å²) in [7, 11) is 0. The van der Waals surface area contributed by atoms with Gasteiger partial charge in [-0.25, -0.2) is 4.98 Å². The summed E-state index contributed by atoms with van der Waals surface area (Å²) in [6, 6.07) is 17.5. The van der Waals surface area contributed by atoms with Gasteiger partial charge in [0.25, 0.3) is 5.91 Å². The van der Waals surface area contributed by atoms with Gasteiger partial charge in [-0.05, 0) is 38.5 Å². The van der Waals surface area contributed by atoms with Crippen molar-refractivity contribution in [1.82, 2.24) is 20.1 Å². The third kappa shape index (κ3) is 5.06. The fourth-order valence-electron chi connectivity index (χ4n) is 3.57. The molecule has 4 aromatic rings. The highest BCUT2D eigenvalue weighted by Crippen LogP contribution is 2.21. The first kappa shape index (κ1) is 21.8. The van der Waals surface area contributed by atoms with Crippen LogP contribution in [0.15, 0.2) is 60.0 Å². The summed E-state index contributed by atoms with van der Waals surface area (Å²) in [5, 5.41) is 10.7. The van der Waals surface area contributed by atoms with Crippen LogP contribution in [-0.2, 0) is 19.7 Å². The van der Waals surface area contributed by atoms with Crippen LogP contribution in [0.4, 0.5) is 0 Å². The summed E-state index contributed by atoms with van der Waals surface area (Å²) in [6.45, 7) is 7.42. The largest absolute Gasteiger partial charge is 0.486 e. The van der Waals surface area contributed by atoms with E-state index in [4.69, 9.17) is 4.74 Å². The first-order valence-electron chi connectivity index (χ1n) is 10.5. The third-order valence-electron chi connectivity index (χ3n) is 5.31. The second-order valence-corrected chi connectivity index (χ2v) is 8.68. The standard InChI is InChI=1S/C25H26N4O2S/c1-17-23(18(2)29(28-17)14-20-9-5-4-6-10-20)13-26-25(30)22-11-7-8-12-24(22)31-15-21-16-32-19(3)27-21/h4-12,16H,13-15H2,1-3H3,(H,26,30). The number of nitrogens with one attached hydrogen (secondary N) is 1. The molecule has 0 fully saturated rings. The molecule has 0 saturated heterocycles. The molecule has 0 aliphatic rings. The Bertz CT molecular complexity index is 1210. The van der Waals surface area contributed by atoms with Crippen molar-refractivity contribution in [2.75, 3.05) is 0 Å². The van der Waals surface area contributed by atoms with Crippen LogP contribution in [0, 0.1) is 20.8 Å². The molecule has 0 unspecified atom stereocenters. The molecule has 0 spiro atoms. The minimum Gasteiger partial charge on any atom is -0.486 e. The Kier molecular flexibility index (Phi) is 6.66. The van der Waals surface area contributed by atoms with Gasteiger partial charge in [0.2, 0.25) is 0 Å². The summed E-state index contributed by atoms with van der Waals surface area (Å²) < 4.78 is 7.88. The molecule has 0 saturated carbocycles. The van der Waals surface area contributed by atoms with Gasteiger partial charge in [0.05, 0.1) is 28.5 Å². The Hall–Kier alpha value is -3.45. The smallest absolute Gasteiger partial charge is 0.255 e. The van der Waals surface area contributed by atoms with Gasteiger partial charge in [-0.1, -0.05) is 42.5 Å². The molecule has 1 N–H and O–H groups in total. The predicted octanol–water partition coefficient (Wildman–Crippen LogP) is 4.82. The van der Waals surface area contributed by atoms with Gasteiger partial charge in [-0.2, -0.15) is 5.10 Å². The first-order chi connectivity index (χ1) is 15.5. The van der Waals surface area contributed by atoms with Crippen molar-refractivity contribution in [3.63, 3.8) is 0 Å². The average Bonchev–Trinajstić information content (AvgIpc) is 3.33. The zero-order valence-corrected chi connectivity index (χ0v) is 19.3. The molecule has 32 heavy (non-hydrogen) atoms. The summed E-state index contributed by atoms with van der Waals surface area (Å²) in [5.74, 6) is 0.369. The molecule has 2 heterocycles. The van der Waals surface area contributed by atoms with Crippen molar-refractivity contribution in [3.05, 3.63) is 98.8 Å². The average molecular weight is 447 g/mol. The summed E-state index contributed by atoms with van der Waals surface area (Å²) >= 11 is 1.58. The Morgan fingerprint density at radius 3 is 2.56 bits per heavy atom. The highest BCUT2D eigenvalue weighted by atomic mass is 32.1. The first-order valence-corrected chi connectivity index (χ1v) is 11.4. The van der Waals surface area contributed by atoms with Crippen LogP contribution < -0.4 is 10.1 Å². The van der Waals surface area contributed by atoms with Crippen LogP contribution in [0.3, 0.4) is 0 Å². The van der Waals surface area contributed by atoms with Gasteiger partial charge in [0.1, 0.15) is 12.4 Å². The van der Waals surface area contributed by atoms with Crippen molar-refractivity contribution in [3.8, 4) is 5.75 Å². The van der Waals surface area contributed by atoms with Gasteiger partial charge >= 0.3 is 0 Å². The Morgan fingerprint density at radius 2 is 1.81 bits per heavy atom. The number of aromatic nitrogens is 3. The summed E-state index contributed by atoms with van der Waals surface area (Å²) in [5.41, 5.74) is 5.56. The minimum atomic E-state index is -0.176. The van der Waals surface area contributed by atoms with Crippen molar-refractivity contribution < 1.29 is 9.53 Å². The maximum absolute atomic E-state index is 12.9. The zero-order chi connectivity index (χ0) is 22.5. The van der Waals surface area contributed by atoms with Gasteiger partial charge in [0.15, 0.2) is 0 Å². The molecule has 7 heteroatoms. The van der Waals surface area contributed by atoms with Crippen molar-refractivity contribution in [2.24, 2.45) is 0 Å². The van der Waals surface area contributed by atoms with Gasteiger partial charge in [0, 0.05) is 23.2 Å². The van der Waals surface area contributed by atoms with Gasteiger partial charge in [-0.3, -0.25) is 9.48 Å². The van der Waals surface area contributed by atoms with E-state index in [1.807, 2.05) is 67.2 Å². The molecule has 0 aliphatic heterocycles. The van der Waals surface area contributed by atoms with E-state index >= 15 is 0 Å². The fourth-order valence-corrected chi connectivity index (χ4v) is 4.17. The monoisotopic (exact) mass is 446 g/mol. The minimum absolute atomic E-state index is 0.176. The quantitative estimate of drug-likeness (QED) is 0.421. The van der Waals surface area contributed by atoms with E-state index in [0.717, 1.165) is 27.7 Å². The van der Waals surface area contributed by atoms with Crippen LogP contribution in [0.25, 0.3) is 0 Å². The number of nitrogens with zero attached hydrogens (tertiary/aromatic N) is 3. The highest BCUT2D eigenvalue weighted by Gasteiger charge is 2.16. The van der Waals surface area contributed by atoms with E-state index in [0.29, 0.717) is 31.0 Å². The number of rotatable bonds is 8. The number of hydrogen-bond donors (Lipinski definition) is 1. The lowest BCUT2D eigenvalue weighted by atomic mass is 10.1. The van der Waals surface area contributed by atoms with Crippen LogP contribution in [0.2, 0.25) is 0 Å². The maximum Gasteiger partial charge on any atom is 0.255 e. The van der Waals surface area contributed by atoms with Crippen LogP contribution in [0.5, 0.6) is 5.75 Å². The molecule has 1 amide bonds. The maximum atomic E-state index is 12.9. The van der Waals surface area contributed by atoms with E-state index < -0.39 is 0 Å². The molecule has 164 valence electrons. The van der Waals surface area contributed by atoms with E-state index in [1.54, 1.807) is 17.4 Å². The van der Waals surface area contributed by atoms with Crippen LogP contribution in [0.1, 0.15) is 43.6 Å². The van der Waals surface area contributed by atoms with Gasteiger partial charge < -0.3 is 10.1 Å². The molecule has 0 atom stereocenters. The molecule has 4 rings (SSSR count). The normalized spacial score (nSPS) is 10.8. The number of thiazole rings is 1. The van der Waals surface area contributed by atoms with Crippen molar-refractivity contribution >= 4 is 17.2 Å². The molecule has 2 aromatic heterocycles. The molecule has 0 bridgehead atoms. The van der Waals surface area contributed by atoms with Crippen molar-refractivity contribution in [2.45, 2.75) is 40.5 Å². The van der Waals surface area contributed by atoms with E-state index in [9.17, 15) is 4.79 Å². The molecular weight excluding hydrogens is 420 g/mol. The number of amides is 1. The lowest BCUT2D eigenvalue weighted by Gasteiger charge is -2.11. The van der Waals surface area contributed by atoms with E-state index in [2.05, 4.69) is 27.5 Å². The Morgan fingerprint density at radius 1 is 1.06 bits per heavy atom. The number of ether oxygens (including phenoxy) is 1. The topological polar surface area (TPSA) is 69.0 Å². The molecule has 2 aromatic carbocycles. The third-order valence-corrected chi connectivity index (χ3v) is 6.13. The fraction of sp³-hybridized carbons (Fsp3) is 0.240. The predicted molar refractivity (Wildman–Crippen MR) is 126 cm³/mol. The Balaban J connectivity index is 1.43. The number of carbonyl (C=O) groups is 1. The second kappa shape index (κ2) is 9.78.